The van der Waals surface area contributed by atoms with Crippen LogP contribution in [0.3, 0.4) is 0 Å². The van der Waals surface area contributed by atoms with Gasteiger partial charge >= 0.3 is 6.09 Å². The molecule has 1 unspecified atom stereocenters. The molecule has 1 saturated heterocycles. The Labute approximate surface area is 151 Å². The molecule has 1 amide bonds. The van der Waals surface area contributed by atoms with Crippen LogP contribution in [0.15, 0.2) is 18.5 Å². The maximum atomic E-state index is 14.7. The van der Waals surface area contributed by atoms with Crippen LogP contribution in [0.25, 0.3) is 5.57 Å². The van der Waals surface area contributed by atoms with E-state index >= 15 is 0 Å². The average molecular weight is 369 g/mol. The molecule has 1 aromatic rings. The molecule has 0 bridgehead atoms. The molecule has 0 radical (unpaired) electrons. The molecule has 2 aliphatic rings. The first kappa shape index (κ1) is 18.8. The maximum Gasteiger partial charge on any atom is 0.410 e. The lowest BCUT2D eigenvalue weighted by Gasteiger charge is -2.33. The van der Waals surface area contributed by atoms with Crippen LogP contribution in [-0.4, -0.2) is 52.0 Å². The van der Waals surface area contributed by atoms with Gasteiger partial charge in [0, 0.05) is 30.5 Å². The summed E-state index contributed by atoms with van der Waals surface area (Å²) in [5, 5.41) is 4.20. The van der Waals surface area contributed by atoms with Gasteiger partial charge in [-0.05, 0) is 40.0 Å². The fourth-order valence-corrected chi connectivity index (χ4v) is 3.10. The molecule has 8 heteroatoms. The number of hydrogen-bond donors (Lipinski definition) is 0. The molecular formula is C18H25F2N3O3. The third-order valence-electron chi connectivity index (χ3n) is 4.31. The molecule has 2 aliphatic heterocycles. The summed E-state index contributed by atoms with van der Waals surface area (Å²) in [6.07, 6.45) is 6.32. The molecule has 1 atom stereocenters. The van der Waals surface area contributed by atoms with Crippen LogP contribution in [0.4, 0.5) is 13.6 Å². The number of carbonyl (C=O) groups is 1. The second-order valence-corrected chi connectivity index (χ2v) is 7.71. The minimum absolute atomic E-state index is 0.0744. The Morgan fingerprint density at radius 1 is 1.38 bits per heavy atom. The van der Waals surface area contributed by atoms with Crippen LogP contribution in [0.5, 0.6) is 0 Å². The van der Waals surface area contributed by atoms with E-state index < -0.39 is 24.2 Å². The largest absolute Gasteiger partial charge is 0.444 e. The number of ether oxygens (including phenoxy) is 2. The number of rotatable bonds is 2. The molecule has 6 nitrogen and oxygen atoms in total. The molecule has 26 heavy (non-hydrogen) atoms. The number of alkyl halides is 2. The van der Waals surface area contributed by atoms with E-state index in [1.54, 1.807) is 31.6 Å². The fourth-order valence-electron chi connectivity index (χ4n) is 3.10. The Bertz CT molecular complexity index is 688. The molecule has 0 aliphatic carbocycles. The fraction of sp³-hybridized carbons (Fsp3) is 0.667. The smallest absolute Gasteiger partial charge is 0.410 e. The van der Waals surface area contributed by atoms with Crippen molar-refractivity contribution < 1.29 is 23.0 Å². The van der Waals surface area contributed by atoms with Gasteiger partial charge in [-0.15, -0.1) is 0 Å². The highest BCUT2D eigenvalue weighted by atomic mass is 19.3. The van der Waals surface area contributed by atoms with Crippen LogP contribution < -0.4 is 0 Å². The minimum atomic E-state index is -3.17. The average Bonchev–Trinajstić information content (AvgIpc) is 3.02. The van der Waals surface area contributed by atoms with E-state index in [1.165, 1.54) is 12.3 Å². The molecule has 1 fully saturated rings. The number of hydrogen-bond acceptors (Lipinski definition) is 4. The van der Waals surface area contributed by atoms with E-state index in [2.05, 4.69) is 5.10 Å². The zero-order valence-electron chi connectivity index (χ0n) is 15.4. The lowest BCUT2D eigenvalue weighted by Crippen LogP contribution is -2.46. The predicted octanol–water partition coefficient (Wildman–Crippen LogP) is 3.85. The molecule has 144 valence electrons. The highest BCUT2D eigenvalue weighted by molar-refractivity contribution is 5.75. The van der Waals surface area contributed by atoms with Crippen molar-refractivity contribution in [1.29, 1.82) is 0 Å². The molecule has 0 spiro atoms. The second-order valence-electron chi connectivity index (χ2n) is 7.71. The lowest BCUT2D eigenvalue weighted by atomic mass is 9.99. The zero-order valence-corrected chi connectivity index (χ0v) is 15.4. The summed E-state index contributed by atoms with van der Waals surface area (Å²) in [6.45, 7) is 5.13. The van der Waals surface area contributed by atoms with Crippen molar-refractivity contribution in [3.63, 3.8) is 0 Å². The van der Waals surface area contributed by atoms with E-state index in [-0.39, 0.29) is 18.3 Å². The molecule has 3 rings (SSSR count). The van der Waals surface area contributed by atoms with E-state index in [9.17, 15) is 13.6 Å². The second kappa shape index (κ2) is 6.98. The SMILES string of the molecule is CC(C)(C)OC(=O)N1CC=C(c2cnn(C3CCCCO3)c2)C(F)(F)C1. The third-order valence-corrected chi connectivity index (χ3v) is 4.31. The molecule has 0 N–H and O–H groups in total. The summed E-state index contributed by atoms with van der Waals surface area (Å²) < 4.78 is 41.8. The molecule has 1 aromatic heterocycles. The molecule has 0 saturated carbocycles. The molecular weight excluding hydrogens is 344 g/mol. The van der Waals surface area contributed by atoms with Gasteiger partial charge in [0.2, 0.25) is 0 Å². The van der Waals surface area contributed by atoms with Crippen molar-refractivity contribution in [2.75, 3.05) is 19.7 Å². The standard InChI is InChI=1S/C18H25F2N3O3/c1-17(2,3)26-16(24)22-8-7-14(18(19,20)12-22)13-10-21-23(11-13)15-6-4-5-9-25-15/h7,10-11,15H,4-6,8-9,12H2,1-3H3. The highest BCUT2D eigenvalue weighted by Gasteiger charge is 2.42. The summed E-state index contributed by atoms with van der Waals surface area (Å²) in [6, 6.07) is 0. The number of carbonyl (C=O) groups excluding carboxylic acids is 1. The van der Waals surface area contributed by atoms with Gasteiger partial charge in [0.15, 0.2) is 0 Å². The number of amides is 1. The lowest BCUT2D eigenvalue weighted by molar-refractivity contribution is -0.0395. The van der Waals surface area contributed by atoms with E-state index in [1.807, 2.05) is 0 Å². The van der Waals surface area contributed by atoms with E-state index in [0.717, 1.165) is 24.2 Å². The van der Waals surface area contributed by atoms with Gasteiger partial charge in [-0.25, -0.2) is 9.48 Å². The third kappa shape index (κ3) is 4.23. The van der Waals surface area contributed by atoms with E-state index in [4.69, 9.17) is 9.47 Å². The van der Waals surface area contributed by atoms with Crippen LogP contribution in [0, 0.1) is 0 Å². The summed E-state index contributed by atoms with van der Waals surface area (Å²) in [5.41, 5.74) is -0.482. The van der Waals surface area contributed by atoms with Gasteiger partial charge in [-0.3, -0.25) is 4.90 Å². The van der Waals surface area contributed by atoms with Crippen LogP contribution in [0.2, 0.25) is 0 Å². The van der Waals surface area contributed by atoms with Gasteiger partial charge in [0.25, 0.3) is 5.92 Å². The molecule has 3 heterocycles. The normalized spacial score (nSPS) is 23.5. The summed E-state index contributed by atoms with van der Waals surface area (Å²) in [5.74, 6) is -3.17. The predicted molar refractivity (Wildman–Crippen MR) is 91.8 cm³/mol. The number of halogens is 2. The summed E-state index contributed by atoms with van der Waals surface area (Å²) in [4.78, 5) is 13.1. The zero-order chi connectivity index (χ0) is 18.9. The van der Waals surface area contributed by atoms with Crippen molar-refractivity contribution in [2.45, 2.75) is 57.8 Å². The van der Waals surface area contributed by atoms with Gasteiger partial charge in [-0.2, -0.15) is 13.9 Å². The topological polar surface area (TPSA) is 56.6 Å². The highest BCUT2D eigenvalue weighted by Crippen LogP contribution is 2.37. The van der Waals surface area contributed by atoms with Crippen LogP contribution in [-0.2, 0) is 9.47 Å². The number of nitrogens with zero attached hydrogens (tertiary/aromatic N) is 3. The quantitative estimate of drug-likeness (QED) is 0.795. The maximum absolute atomic E-state index is 14.7. The van der Waals surface area contributed by atoms with Gasteiger partial charge < -0.3 is 9.47 Å². The van der Waals surface area contributed by atoms with Gasteiger partial charge in [-0.1, -0.05) is 6.08 Å². The Balaban J connectivity index is 1.74. The van der Waals surface area contributed by atoms with Crippen molar-refractivity contribution in [1.82, 2.24) is 14.7 Å². The monoisotopic (exact) mass is 369 g/mol. The first-order valence-corrected chi connectivity index (χ1v) is 8.88. The first-order chi connectivity index (χ1) is 12.2. The number of aromatic nitrogens is 2. The minimum Gasteiger partial charge on any atom is -0.444 e. The Hall–Kier alpha value is -1.96. The Morgan fingerprint density at radius 2 is 2.15 bits per heavy atom. The summed E-state index contributed by atoms with van der Waals surface area (Å²) in [7, 11) is 0. The van der Waals surface area contributed by atoms with Crippen LogP contribution >= 0.6 is 0 Å². The molecule has 0 aromatic carbocycles. The van der Waals surface area contributed by atoms with Crippen molar-refractivity contribution in [3.8, 4) is 0 Å². The van der Waals surface area contributed by atoms with Gasteiger partial charge in [0.1, 0.15) is 11.8 Å². The van der Waals surface area contributed by atoms with Crippen molar-refractivity contribution in [3.05, 3.63) is 24.0 Å². The summed E-state index contributed by atoms with van der Waals surface area (Å²) >= 11 is 0. The Kier molecular flexibility index (Phi) is 5.05. The van der Waals surface area contributed by atoms with Gasteiger partial charge in [0.05, 0.1) is 12.7 Å². The van der Waals surface area contributed by atoms with E-state index in [0.29, 0.717) is 12.2 Å². The van der Waals surface area contributed by atoms with Crippen LogP contribution in [0.1, 0.15) is 51.8 Å². The Morgan fingerprint density at radius 3 is 2.77 bits per heavy atom. The van der Waals surface area contributed by atoms with Crippen molar-refractivity contribution in [2.24, 2.45) is 0 Å². The first-order valence-electron chi connectivity index (χ1n) is 8.88. The van der Waals surface area contributed by atoms with Crippen molar-refractivity contribution >= 4 is 11.7 Å².